The normalized spacial score (nSPS) is 33.2. The molecule has 2 bridgehead atoms. The summed E-state index contributed by atoms with van der Waals surface area (Å²) in [5, 5.41) is 20.9. The van der Waals surface area contributed by atoms with Crippen LogP contribution in [0.1, 0.15) is 36.8 Å². The minimum absolute atomic E-state index is 0.0790. The Bertz CT molecular complexity index is 972. The molecule has 4 atom stereocenters. The van der Waals surface area contributed by atoms with E-state index < -0.39 is 29.1 Å². The molecular formula is C22H25NO7. The van der Waals surface area contributed by atoms with Crippen LogP contribution < -0.4 is 9.47 Å². The molecule has 5 rings (SSSR count). The summed E-state index contributed by atoms with van der Waals surface area (Å²) in [5.74, 6) is -0.117. The number of aliphatic hydroxyl groups is 1. The summed E-state index contributed by atoms with van der Waals surface area (Å²) in [5.41, 5.74) is 0.282. The molecule has 2 N–H and O–H groups in total. The largest absolute Gasteiger partial charge is 0.493 e. The van der Waals surface area contributed by atoms with Crippen molar-refractivity contribution in [3.05, 3.63) is 35.1 Å². The van der Waals surface area contributed by atoms with E-state index in [0.717, 1.165) is 17.7 Å². The van der Waals surface area contributed by atoms with Crippen LogP contribution in [0.3, 0.4) is 0 Å². The predicted molar refractivity (Wildman–Crippen MR) is 104 cm³/mol. The van der Waals surface area contributed by atoms with Gasteiger partial charge in [0.2, 0.25) is 0 Å². The van der Waals surface area contributed by atoms with Gasteiger partial charge in [-0.3, -0.25) is 9.59 Å². The third-order valence-electron chi connectivity index (χ3n) is 7.33. The molecule has 30 heavy (non-hydrogen) atoms. The Morgan fingerprint density at radius 2 is 2.13 bits per heavy atom. The number of likely N-dealkylation sites (tertiary alicyclic amines) is 1. The molecule has 8 heteroatoms. The summed E-state index contributed by atoms with van der Waals surface area (Å²) in [4.78, 5) is 25.3. The van der Waals surface area contributed by atoms with Gasteiger partial charge < -0.3 is 29.3 Å². The zero-order valence-corrected chi connectivity index (χ0v) is 17.0. The number of ether oxygens (including phenoxy) is 3. The van der Waals surface area contributed by atoms with Crippen LogP contribution in [-0.2, 0) is 26.2 Å². The highest BCUT2D eigenvalue weighted by atomic mass is 16.6. The third kappa shape index (κ3) is 2.34. The van der Waals surface area contributed by atoms with Crippen molar-refractivity contribution in [2.45, 2.75) is 55.3 Å². The topological polar surface area (TPSA) is 106 Å². The lowest BCUT2D eigenvalue weighted by atomic mass is 9.50. The number of carbonyl (C=O) groups excluding carboxylic acids is 1. The van der Waals surface area contributed by atoms with Gasteiger partial charge in [0.15, 0.2) is 17.6 Å². The number of methoxy groups -OCH3 is 1. The summed E-state index contributed by atoms with van der Waals surface area (Å²) in [6.07, 6.45) is 2.25. The van der Waals surface area contributed by atoms with E-state index in [1.807, 2.05) is 19.2 Å². The van der Waals surface area contributed by atoms with Gasteiger partial charge in [0.05, 0.1) is 31.0 Å². The number of carboxylic acid groups (broad SMARTS) is 1. The Kier molecular flexibility index (Phi) is 4.17. The number of carbonyl (C=O) groups is 2. The number of likely N-dealkylation sites (N-methyl/N-ethyl adjacent to an activating group) is 1. The van der Waals surface area contributed by atoms with Crippen molar-refractivity contribution >= 4 is 11.9 Å². The van der Waals surface area contributed by atoms with E-state index in [-0.39, 0.29) is 18.9 Å². The van der Waals surface area contributed by atoms with Gasteiger partial charge in [-0.25, -0.2) is 0 Å². The van der Waals surface area contributed by atoms with Crippen LogP contribution in [0, 0.1) is 0 Å². The van der Waals surface area contributed by atoms with Crippen LogP contribution >= 0.6 is 0 Å². The molecule has 0 amide bonds. The number of rotatable bonds is 5. The second kappa shape index (κ2) is 6.46. The molecule has 1 aromatic carbocycles. The number of hydrogen-bond donors (Lipinski definition) is 2. The minimum Gasteiger partial charge on any atom is -0.493 e. The maximum atomic E-state index is 12.3. The highest BCUT2D eigenvalue weighted by Gasteiger charge is 2.72. The monoisotopic (exact) mass is 415 g/mol. The highest BCUT2D eigenvalue weighted by Crippen LogP contribution is 2.65. The van der Waals surface area contributed by atoms with E-state index in [2.05, 4.69) is 4.90 Å². The molecule has 1 aromatic rings. The van der Waals surface area contributed by atoms with Crippen molar-refractivity contribution < 1.29 is 34.0 Å². The van der Waals surface area contributed by atoms with Crippen molar-refractivity contribution in [2.24, 2.45) is 0 Å². The standard InChI is InChI=1S/C22H25NO7/c1-23-10-9-21-18-12-3-4-13(28-2)19(18)30-20(21)14(29-17(26)6-5-16(24)25)7-8-22(21,27)15(23)11-12/h3-4,7,15,20,27H,5-6,8-11H2,1-2H3,(H,24,25)/t15-,20+,21+,22-/m1/s1. The first kappa shape index (κ1) is 19.4. The number of esters is 1. The molecule has 1 fully saturated rings. The first-order valence-corrected chi connectivity index (χ1v) is 10.2. The number of hydrogen-bond acceptors (Lipinski definition) is 7. The van der Waals surface area contributed by atoms with Crippen LogP contribution in [0.15, 0.2) is 24.0 Å². The highest BCUT2D eigenvalue weighted by molar-refractivity contribution is 5.77. The van der Waals surface area contributed by atoms with Gasteiger partial charge in [0, 0.05) is 18.0 Å². The fraction of sp³-hybridized carbons (Fsp3) is 0.545. The van der Waals surface area contributed by atoms with Gasteiger partial charge in [-0.05, 0) is 44.1 Å². The second-order valence-electron chi connectivity index (χ2n) is 8.65. The fourth-order valence-electron chi connectivity index (χ4n) is 5.98. The maximum absolute atomic E-state index is 12.3. The molecule has 1 spiro atoms. The van der Waals surface area contributed by atoms with E-state index in [0.29, 0.717) is 36.5 Å². The van der Waals surface area contributed by atoms with Gasteiger partial charge in [-0.15, -0.1) is 0 Å². The van der Waals surface area contributed by atoms with Crippen LogP contribution in [0.4, 0.5) is 0 Å². The van der Waals surface area contributed by atoms with Gasteiger partial charge in [-0.2, -0.15) is 0 Å². The zero-order valence-electron chi connectivity index (χ0n) is 17.0. The number of nitrogens with zero attached hydrogens (tertiary/aromatic N) is 1. The smallest absolute Gasteiger partial charge is 0.311 e. The molecule has 8 nitrogen and oxygen atoms in total. The molecule has 4 aliphatic rings. The number of aliphatic carboxylic acids is 1. The lowest BCUT2D eigenvalue weighted by Gasteiger charge is -2.61. The molecule has 0 unspecified atom stereocenters. The molecule has 2 aliphatic heterocycles. The second-order valence-corrected chi connectivity index (χ2v) is 8.65. The summed E-state index contributed by atoms with van der Waals surface area (Å²) < 4.78 is 17.5. The van der Waals surface area contributed by atoms with Crippen molar-refractivity contribution in [3.8, 4) is 11.5 Å². The van der Waals surface area contributed by atoms with Crippen LogP contribution in [0.5, 0.6) is 11.5 Å². The fourth-order valence-corrected chi connectivity index (χ4v) is 5.98. The lowest BCUT2D eigenvalue weighted by molar-refractivity contribution is -0.169. The molecule has 0 saturated carbocycles. The summed E-state index contributed by atoms with van der Waals surface area (Å²) in [7, 11) is 3.61. The van der Waals surface area contributed by atoms with E-state index >= 15 is 0 Å². The van der Waals surface area contributed by atoms with Gasteiger partial charge in [-0.1, -0.05) is 6.07 Å². The Balaban J connectivity index is 1.61. The Morgan fingerprint density at radius 3 is 2.87 bits per heavy atom. The minimum atomic E-state index is -1.06. The van der Waals surface area contributed by atoms with E-state index in [1.165, 1.54) is 0 Å². The molecular weight excluding hydrogens is 390 g/mol. The molecule has 2 heterocycles. The van der Waals surface area contributed by atoms with Crippen LogP contribution in [-0.4, -0.2) is 65.5 Å². The first-order chi connectivity index (χ1) is 14.3. The SMILES string of the molecule is COc1ccc2c3c1O[C@H]1C(OC(=O)CCC(=O)O)=CC[C@@]4(O)[C@@H](C2)N(C)CC[C@]314. The van der Waals surface area contributed by atoms with Crippen molar-refractivity contribution in [3.63, 3.8) is 0 Å². The van der Waals surface area contributed by atoms with Gasteiger partial charge in [0.25, 0.3) is 0 Å². The van der Waals surface area contributed by atoms with Crippen molar-refractivity contribution in [1.82, 2.24) is 4.90 Å². The number of carboxylic acids is 1. The van der Waals surface area contributed by atoms with E-state index in [1.54, 1.807) is 13.2 Å². The molecule has 0 radical (unpaired) electrons. The molecule has 160 valence electrons. The quantitative estimate of drug-likeness (QED) is 0.695. The average Bonchev–Trinajstić information content (AvgIpc) is 3.06. The summed E-state index contributed by atoms with van der Waals surface area (Å²) in [6, 6.07) is 3.84. The maximum Gasteiger partial charge on any atom is 0.311 e. The molecule has 0 aromatic heterocycles. The van der Waals surface area contributed by atoms with Crippen molar-refractivity contribution in [1.29, 1.82) is 0 Å². The molecule has 1 saturated heterocycles. The van der Waals surface area contributed by atoms with Crippen LogP contribution in [0.2, 0.25) is 0 Å². The summed E-state index contributed by atoms with van der Waals surface area (Å²) in [6.45, 7) is 0.781. The average molecular weight is 415 g/mol. The number of piperidine rings is 1. The third-order valence-corrected chi connectivity index (χ3v) is 7.33. The van der Waals surface area contributed by atoms with Gasteiger partial charge in [0.1, 0.15) is 5.76 Å². The number of benzene rings is 1. The van der Waals surface area contributed by atoms with Crippen LogP contribution in [0.25, 0.3) is 0 Å². The summed E-state index contributed by atoms with van der Waals surface area (Å²) >= 11 is 0. The molecule has 2 aliphatic carbocycles. The lowest BCUT2D eigenvalue weighted by Crippen LogP contribution is -2.74. The Labute approximate surface area is 174 Å². The predicted octanol–water partition coefficient (Wildman–Crippen LogP) is 1.38. The van der Waals surface area contributed by atoms with Crippen molar-refractivity contribution in [2.75, 3.05) is 20.7 Å². The van der Waals surface area contributed by atoms with E-state index in [4.69, 9.17) is 19.3 Å². The zero-order chi connectivity index (χ0) is 21.3. The van der Waals surface area contributed by atoms with Gasteiger partial charge >= 0.3 is 11.9 Å². The Morgan fingerprint density at radius 1 is 1.33 bits per heavy atom. The Hall–Kier alpha value is -2.58. The first-order valence-electron chi connectivity index (χ1n) is 10.2. The van der Waals surface area contributed by atoms with E-state index in [9.17, 15) is 14.7 Å².